The summed E-state index contributed by atoms with van der Waals surface area (Å²) in [6.45, 7) is 3.99. The molecule has 7 nitrogen and oxygen atoms in total. The number of rotatable bonds is 4. The Kier molecular flexibility index (Phi) is 5.36. The predicted octanol–water partition coefficient (Wildman–Crippen LogP) is 2.49. The molecule has 2 aromatic carbocycles. The van der Waals surface area contributed by atoms with Crippen LogP contribution in [0.15, 0.2) is 48.5 Å². The van der Waals surface area contributed by atoms with E-state index in [2.05, 4.69) is 20.4 Å². The summed E-state index contributed by atoms with van der Waals surface area (Å²) in [7, 11) is 1.78. The van der Waals surface area contributed by atoms with E-state index in [1.165, 1.54) is 5.56 Å². The maximum absolute atomic E-state index is 12.9. The number of halogens is 1. The van der Waals surface area contributed by atoms with E-state index in [-0.39, 0.29) is 5.91 Å². The number of aromatic nitrogens is 4. The predicted molar refractivity (Wildman–Crippen MR) is 107 cm³/mol. The van der Waals surface area contributed by atoms with Crippen molar-refractivity contribution in [1.82, 2.24) is 30.0 Å². The number of amides is 1. The average Bonchev–Trinajstić information content (AvgIpc) is 3.16. The van der Waals surface area contributed by atoms with Crippen LogP contribution in [0.4, 0.5) is 0 Å². The van der Waals surface area contributed by atoms with Crippen molar-refractivity contribution in [3.05, 3.63) is 64.7 Å². The number of benzene rings is 2. The number of piperazine rings is 1. The van der Waals surface area contributed by atoms with Crippen molar-refractivity contribution in [2.45, 2.75) is 6.54 Å². The highest BCUT2D eigenvalue weighted by atomic mass is 35.5. The van der Waals surface area contributed by atoms with Crippen LogP contribution in [0.3, 0.4) is 0 Å². The fraction of sp³-hybridized carbons (Fsp3) is 0.300. The molecule has 1 aliphatic rings. The lowest BCUT2D eigenvalue weighted by molar-refractivity contribution is 0.0628. The SMILES string of the molecule is Cn1nnnc1-c1cccc(C(=O)N2CCN(Cc3ccc(Cl)cc3)CC2)c1. The van der Waals surface area contributed by atoms with Crippen LogP contribution in [0.5, 0.6) is 0 Å². The first-order chi connectivity index (χ1) is 13.6. The summed E-state index contributed by atoms with van der Waals surface area (Å²) < 4.78 is 1.60. The molecule has 0 unspecified atom stereocenters. The first-order valence-corrected chi connectivity index (χ1v) is 9.57. The summed E-state index contributed by atoms with van der Waals surface area (Å²) in [6.07, 6.45) is 0. The number of hydrogen-bond acceptors (Lipinski definition) is 5. The first kappa shape index (κ1) is 18.6. The van der Waals surface area contributed by atoms with Gasteiger partial charge in [0.15, 0.2) is 5.82 Å². The highest BCUT2D eigenvalue weighted by Gasteiger charge is 2.22. The molecule has 144 valence electrons. The molecule has 0 N–H and O–H groups in total. The number of nitrogens with zero attached hydrogens (tertiary/aromatic N) is 6. The number of tetrazole rings is 1. The van der Waals surface area contributed by atoms with E-state index in [1.54, 1.807) is 11.7 Å². The zero-order valence-electron chi connectivity index (χ0n) is 15.6. The number of hydrogen-bond donors (Lipinski definition) is 0. The van der Waals surface area contributed by atoms with Crippen LogP contribution in [0.1, 0.15) is 15.9 Å². The maximum atomic E-state index is 12.9. The second kappa shape index (κ2) is 8.08. The third-order valence-corrected chi connectivity index (χ3v) is 5.22. The van der Waals surface area contributed by atoms with E-state index < -0.39 is 0 Å². The molecule has 0 spiro atoms. The lowest BCUT2D eigenvalue weighted by Crippen LogP contribution is -2.48. The molecule has 3 aromatic rings. The molecule has 0 radical (unpaired) electrons. The summed E-state index contributed by atoms with van der Waals surface area (Å²) in [6, 6.07) is 15.4. The molecule has 1 fully saturated rings. The van der Waals surface area contributed by atoms with Gasteiger partial charge in [0.2, 0.25) is 0 Å². The van der Waals surface area contributed by atoms with Gasteiger partial charge in [0.25, 0.3) is 5.91 Å². The van der Waals surface area contributed by atoms with Crippen LogP contribution in [0.25, 0.3) is 11.4 Å². The number of carbonyl (C=O) groups is 1. The number of carbonyl (C=O) groups excluding carboxylic acids is 1. The second-order valence-corrected chi connectivity index (χ2v) is 7.34. The first-order valence-electron chi connectivity index (χ1n) is 9.19. The summed E-state index contributed by atoms with van der Waals surface area (Å²) in [5, 5.41) is 12.3. The minimum absolute atomic E-state index is 0.0446. The fourth-order valence-electron chi connectivity index (χ4n) is 3.40. The molecule has 0 bridgehead atoms. The van der Waals surface area contributed by atoms with Gasteiger partial charge in [-0.15, -0.1) is 5.10 Å². The van der Waals surface area contributed by atoms with Gasteiger partial charge < -0.3 is 4.90 Å². The standard InChI is InChI=1S/C20H21ClN6O/c1-25-19(22-23-24-25)16-3-2-4-17(13-16)20(28)27-11-9-26(10-12-27)14-15-5-7-18(21)8-6-15/h2-8,13H,9-12,14H2,1H3. The molecule has 2 heterocycles. The van der Waals surface area contributed by atoms with Gasteiger partial charge >= 0.3 is 0 Å². The molecule has 28 heavy (non-hydrogen) atoms. The van der Waals surface area contributed by atoms with Crippen LogP contribution in [0, 0.1) is 0 Å². The topological polar surface area (TPSA) is 67.2 Å². The van der Waals surface area contributed by atoms with Crippen molar-refractivity contribution in [1.29, 1.82) is 0 Å². The normalized spacial score (nSPS) is 15.0. The van der Waals surface area contributed by atoms with Gasteiger partial charge in [-0.05, 0) is 40.3 Å². The quantitative estimate of drug-likeness (QED) is 0.677. The van der Waals surface area contributed by atoms with Crippen molar-refractivity contribution in [3.8, 4) is 11.4 Å². The van der Waals surface area contributed by atoms with Crippen LogP contribution in [0.2, 0.25) is 5.02 Å². The Hall–Kier alpha value is -2.77. The van der Waals surface area contributed by atoms with Gasteiger partial charge in [0.05, 0.1) is 0 Å². The Labute approximate surface area is 168 Å². The fourth-order valence-corrected chi connectivity index (χ4v) is 3.53. The minimum atomic E-state index is 0.0446. The van der Waals surface area contributed by atoms with Gasteiger partial charge in [0, 0.05) is 55.9 Å². The molecule has 0 saturated carbocycles. The Morgan fingerprint density at radius 1 is 1.07 bits per heavy atom. The van der Waals surface area contributed by atoms with Crippen molar-refractivity contribution in [2.75, 3.05) is 26.2 Å². The molecule has 4 rings (SSSR count). The van der Waals surface area contributed by atoms with E-state index in [0.29, 0.717) is 24.5 Å². The van der Waals surface area contributed by atoms with E-state index >= 15 is 0 Å². The summed E-state index contributed by atoms with van der Waals surface area (Å²) in [5.74, 6) is 0.686. The molecular formula is C20H21ClN6O. The monoisotopic (exact) mass is 396 g/mol. The van der Waals surface area contributed by atoms with Crippen molar-refractivity contribution < 1.29 is 4.79 Å². The molecule has 1 saturated heterocycles. The van der Waals surface area contributed by atoms with Crippen molar-refractivity contribution >= 4 is 17.5 Å². The molecule has 1 aromatic heterocycles. The van der Waals surface area contributed by atoms with Gasteiger partial charge in [-0.25, -0.2) is 4.68 Å². The lowest BCUT2D eigenvalue weighted by Gasteiger charge is -2.34. The van der Waals surface area contributed by atoms with E-state index in [0.717, 1.165) is 30.2 Å². The molecule has 1 amide bonds. The van der Waals surface area contributed by atoms with Crippen LogP contribution in [-0.2, 0) is 13.6 Å². The van der Waals surface area contributed by atoms with E-state index in [4.69, 9.17) is 11.6 Å². The van der Waals surface area contributed by atoms with Gasteiger partial charge in [-0.3, -0.25) is 9.69 Å². The highest BCUT2D eigenvalue weighted by Crippen LogP contribution is 2.19. The Balaban J connectivity index is 1.39. The van der Waals surface area contributed by atoms with E-state index in [9.17, 15) is 4.79 Å². The van der Waals surface area contributed by atoms with Crippen LogP contribution in [-0.4, -0.2) is 62.1 Å². The Morgan fingerprint density at radius 3 is 2.50 bits per heavy atom. The summed E-state index contributed by atoms with van der Waals surface area (Å²) >= 11 is 5.95. The smallest absolute Gasteiger partial charge is 0.253 e. The van der Waals surface area contributed by atoms with Gasteiger partial charge in [-0.2, -0.15) is 0 Å². The Morgan fingerprint density at radius 2 is 1.82 bits per heavy atom. The number of aryl methyl sites for hydroxylation is 1. The van der Waals surface area contributed by atoms with Gasteiger partial charge in [-0.1, -0.05) is 35.9 Å². The third-order valence-electron chi connectivity index (χ3n) is 4.97. The highest BCUT2D eigenvalue weighted by molar-refractivity contribution is 6.30. The van der Waals surface area contributed by atoms with Crippen molar-refractivity contribution in [3.63, 3.8) is 0 Å². The molecule has 0 atom stereocenters. The van der Waals surface area contributed by atoms with Gasteiger partial charge in [0.1, 0.15) is 0 Å². The second-order valence-electron chi connectivity index (χ2n) is 6.90. The minimum Gasteiger partial charge on any atom is -0.336 e. The maximum Gasteiger partial charge on any atom is 0.253 e. The average molecular weight is 397 g/mol. The van der Waals surface area contributed by atoms with E-state index in [1.807, 2.05) is 53.4 Å². The lowest BCUT2D eigenvalue weighted by atomic mass is 10.1. The van der Waals surface area contributed by atoms with Crippen molar-refractivity contribution in [2.24, 2.45) is 7.05 Å². The zero-order valence-corrected chi connectivity index (χ0v) is 16.4. The van der Waals surface area contributed by atoms with Crippen LogP contribution >= 0.6 is 11.6 Å². The molecular weight excluding hydrogens is 376 g/mol. The molecule has 1 aliphatic heterocycles. The summed E-state index contributed by atoms with van der Waals surface area (Å²) in [5.41, 5.74) is 2.72. The molecule has 8 heteroatoms. The molecule has 0 aliphatic carbocycles. The zero-order chi connectivity index (χ0) is 19.5. The third kappa shape index (κ3) is 4.05. The Bertz CT molecular complexity index is 963. The summed E-state index contributed by atoms with van der Waals surface area (Å²) in [4.78, 5) is 17.2. The van der Waals surface area contributed by atoms with Crippen LogP contribution < -0.4 is 0 Å². The largest absolute Gasteiger partial charge is 0.336 e.